The largest absolute Gasteiger partial charge is 0.573 e. The van der Waals surface area contributed by atoms with Gasteiger partial charge in [-0.3, -0.25) is 4.79 Å². The predicted molar refractivity (Wildman–Crippen MR) is 124 cm³/mol. The Morgan fingerprint density at radius 2 is 1.71 bits per heavy atom. The highest BCUT2D eigenvalue weighted by atomic mass is 19.4. The SMILES string of the molecule is COc1ccc(OC(F)(F)F)cc1C(=O)N1CCN(c2nc3ccccc3nc2NC2CC2)CC1. The van der Waals surface area contributed by atoms with E-state index in [-0.39, 0.29) is 11.3 Å². The number of nitrogens with zero attached hydrogens (tertiary/aromatic N) is 4. The number of rotatable bonds is 6. The molecule has 35 heavy (non-hydrogen) atoms. The fourth-order valence-electron chi connectivity index (χ4n) is 4.07. The highest BCUT2D eigenvalue weighted by Crippen LogP contribution is 2.32. The number of alkyl halides is 3. The third-order valence-electron chi connectivity index (χ3n) is 5.97. The summed E-state index contributed by atoms with van der Waals surface area (Å²) in [5.41, 5.74) is 1.61. The minimum atomic E-state index is -4.85. The first-order valence-corrected chi connectivity index (χ1v) is 11.3. The van der Waals surface area contributed by atoms with Crippen LogP contribution in [0, 0.1) is 0 Å². The summed E-state index contributed by atoms with van der Waals surface area (Å²) >= 11 is 0. The molecule has 184 valence electrons. The number of hydrogen-bond acceptors (Lipinski definition) is 7. The Morgan fingerprint density at radius 1 is 1.03 bits per heavy atom. The van der Waals surface area contributed by atoms with Gasteiger partial charge in [0.2, 0.25) is 0 Å². The third-order valence-corrected chi connectivity index (χ3v) is 5.97. The van der Waals surface area contributed by atoms with Crippen LogP contribution < -0.4 is 19.7 Å². The molecular formula is C24H24F3N5O3. The van der Waals surface area contributed by atoms with Crippen molar-refractivity contribution in [2.24, 2.45) is 0 Å². The van der Waals surface area contributed by atoms with Gasteiger partial charge in [0.25, 0.3) is 5.91 Å². The molecule has 1 amide bonds. The van der Waals surface area contributed by atoms with E-state index in [1.807, 2.05) is 24.3 Å². The van der Waals surface area contributed by atoms with Gasteiger partial charge in [0.05, 0.1) is 23.7 Å². The van der Waals surface area contributed by atoms with E-state index in [1.165, 1.54) is 13.2 Å². The van der Waals surface area contributed by atoms with Gasteiger partial charge >= 0.3 is 6.36 Å². The molecule has 2 fully saturated rings. The van der Waals surface area contributed by atoms with Crippen molar-refractivity contribution in [1.82, 2.24) is 14.9 Å². The Kier molecular flexibility index (Phi) is 6.00. The molecule has 1 aromatic heterocycles. The lowest BCUT2D eigenvalue weighted by Crippen LogP contribution is -2.49. The lowest BCUT2D eigenvalue weighted by molar-refractivity contribution is -0.274. The predicted octanol–water partition coefficient (Wildman–Crippen LogP) is 4.07. The Bertz CT molecular complexity index is 1240. The van der Waals surface area contributed by atoms with E-state index in [1.54, 1.807) is 4.90 Å². The van der Waals surface area contributed by atoms with E-state index < -0.39 is 18.0 Å². The van der Waals surface area contributed by atoms with Crippen molar-refractivity contribution in [3.05, 3.63) is 48.0 Å². The number of fused-ring (bicyclic) bond motifs is 1. The molecule has 2 heterocycles. The van der Waals surface area contributed by atoms with E-state index in [0.29, 0.717) is 32.2 Å². The van der Waals surface area contributed by atoms with Gasteiger partial charge in [-0.1, -0.05) is 12.1 Å². The van der Waals surface area contributed by atoms with Gasteiger partial charge < -0.3 is 24.6 Å². The molecule has 0 bridgehead atoms. The summed E-state index contributed by atoms with van der Waals surface area (Å²) in [4.78, 5) is 26.5. The van der Waals surface area contributed by atoms with E-state index in [4.69, 9.17) is 14.7 Å². The van der Waals surface area contributed by atoms with Crippen LogP contribution >= 0.6 is 0 Å². The van der Waals surface area contributed by atoms with Gasteiger partial charge in [-0.25, -0.2) is 9.97 Å². The number of benzene rings is 2. The Morgan fingerprint density at radius 3 is 2.34 bits per heavy atom. The van der Waals surface area contributed by atoms with Crippen molar-refractivity contribution < 1.29 is 27.4 Å². The summed E-state index contributed by atoms with van der Waals surface area (Å²) in [6.07, 6.45) is -2.67. The normalized spacial score (nSPS) is 16.3. The van der Waals surface area contributed by atoms with Crippen LogP contribution in [0.4, 0.5) is 24.8 Å². The summed E-state index contributed by atoms with van der Waals surface area (Å²) < 4.78 is 47.2. The van der Waals surface area contributed by atoms with Crippen molar-refractivity contribution in [2.45, 2.75) is 25.2 Å². The molecule has 1 aliphatic heterocycles. The Balaban J connectivity index is 1.34. The van der Waals surface area contributed by atoms with E-state index in [9.17, 15) is 18.0 Å². The molecule has 1 saturated carbocycles. The van der Waals surface area contributed by atoms with Gasteiger partial charge in [0.1, 0.15) is 11.5 Å². The number of carbonyl (C=O) groups excluding carboxylic acids is 1. The number of halogens is 3. The molecule has 1 N–H and O–H groups in total. The topological polar surface area (TPSA) is 79.8 Å². The molecule has 0 atom stereocenters. The lowest BCUT2D eigenvalue weighted by atomic mass is 10.1. The number of hydrogen-bond donors (Lipinski definition) is 1. The van der Waals surface area contributed by atoms with Crippen molar-refractivity contribution in [1.29, 1.82) is 0 Å². The van der Waals surface area contributed by atoms with E-state index >= 15 is 0 Å². The number of para-hydroxylation sites is 2. The second-order valence-electron chi connectivity index (χ2n) is 8.49. The molecule has 0 radical (unpaired) electrons. The molecule has 1 saturated heterocycles. The van der Waals surface area contributed by atoms with Crippen LogP contribution in [-0.4, -0.2) is 66.5 Å². The van der Waals surface area contributed by atoms with E-state index in [0.717, 1.165) is 47.6 Å². The number of ether oxygens (including phenoxy) is 2. The zero-order valence-electron chi connectivity index (χ0n) is 19.0. The van der Waals surface area contributed by atoms with Gasteiger partial charge in [0, 0.05) is 32.2 Å². The summed E-state index contributed by atoms with van der Waals surface area (Å²) in [6, 6.07) is 11.5. The second kappa shape index (κ2) is 9.12. The summed E-state index contributed by atoms with van der Waals surface area (Å²) in [6.45, 7) is 1.73. The molecular weight excluding hydrogens is 463 g/mol. The standard InChI is InChI=1S/C24H24F3N5O3/c1-34-20-9-8-16(35-24(25,26)27)14-17(20)23(33)32-12-10-31(11-13-32)22-21(28-15-6-7-15)29-18-4-2-3-5-19(18)30-22/h2-5,8-9,14-15H,6-7,10-13H2,1H3,(H,28,29). The number of piperazine rings is 1. The minimum Gasteiger partial charge on any atom is -0.496 e. The first-order chi connectivity index (χ1) is 16.8. The first-order valence-electron chi connectivity index (χ1n) is 11.3. The molecule has 2 aromatic carbocycles. The van der Waals surface area contributed by atoms with Crippen molar-refractivity contribution >= 4 is 28.6 Å². The zero-order chi connectivity index (χ0) is 24.6. The Hall–Kier alpha value is -3.76. The van der Waals surface area contributed by atoms with Crippen molar-refractivity contribution in [2.75, 3.05) is 43.5 Å². The fraction of sp³-hybridized carbons (Fsp3) is 0.375. The van der Waals surface area contributed by atoms with Crippen LogP contribution in [0.5, 0.6) is 11.5 Å². The molecule has 0 spiro atoms. The molecule has 1 aliphatic carbocycles. The van der Waals surface area contributed by atoms with Crippen LogP contribution in [0.1, 0.15) is 23.2 Å². The number of aromatic nitrogens is 2. The van der Waals surface area contributed by atoms with Crippen LogP contribution in [0.25, 0.3) is 11.0 Å². The fourth-order valence-corrected chi connectivity index (χ4v) is 4.07. The van der Waals surface area contributed by atoms with Crippen LogP contribution in [-0.2, 0) is 0 Å². The lowest BCUT2D eigenvalue weighted by Gasteiger charge is -2.36. The zero-order valence-corrected chi connectivity index (χ0v) is 19.0. The number of methoxy groups -OCH3 is 1. The van der Waals surface area contributed by atoms with Crippen molar-refractivity contribution in [3.63, 3.8) is 0 Å². The maximum Gasteiger partial charge on any atom is 0.573 e. The second-order valence-corrected chi connectivity index (χ2v) is 8.49. The average Bonchev–Trinajstić information content (AvgIpc) is 3.66. The first kappa shape index (κ1) is 23.0. The number of amides is 1. The third kappa shape index (κ3) is 5.18. The monoisotopic (exact) mass is 487 g/mol. The summed E-state index contributed by atoms with van der Waals surface area (Å²) in [5.74, 6) is 0.756. The number of carbonyl (C=O) groups is 1. The molecule has 11 heteroatoms. The van der Waals surface area contributed by atoms with Gasteiger partial charge in [-0.15, -0.1) is 13.2 Å². The molecule has 5 rings (SSSR count). The summed E-state index contributed by atoms with van der Waals surface area (Å²) in [7, 11) is 1.36. The van der Waals surface area contributed by atoms with Crippen LogP contribution in [0.3, 0.4) is 0 Å². The minimum absolute atomic E-state index is 0.0179. The maximum atomic E-state index is 13.2. The number of anilines is 2. The quantitative estimate of drug-likeness (QED) is 0.562. The highest BCUT2D eigenvalue weighted by molar-refractivity contribution is 5.97. The number of nitrogens with one attached hydrogen (secondary N) is 1. The molecule has 2 aliphatic rings. The van der Waals surface area contributed by atoms with Crippen LogP contribution in [0.2, 0.25) is 0 Å². The maximum absolute atomic E-state index is 13.2. The van der Waals surface area contributed by atoms with Crippen LogP contribution in [0.15, 0.2) is 42.5 Å². The van der Waals surface area contributed by atoms with E-state index in [2.05, 4.69) is 15.0 Å². The van der Waals surface area contributed by atoms with Gasteiger partial charge in [-0.05, 0) is 43.2 Å². The van der Waals surface area contributed by atoms with Gasteiger partial charge in [0.15, 0.2) is 11.6 Å². The highest BCUT2D eigenvalue weighted by Gasteiger charge is 2.33. The molecule has 8 nitrogen and oxygen atoms in total. The smallest absolute Gasteiger partial charge is 0.496 e. The molecule has 3 aromatic rings. The molecule has 0 unspecified atom stereocenters. The average molecular weight is 487 g/mol. The van der Waals surface area contributed by atoms with Crippen molar-refractivity contribution in [3.8, 4) is 11.5 Å². The summed E-state index contributed by atoms with van der Waals surface area (Å²) in [5, 5.41) is 3.46. The Labute approximate surface area is 199 Å². The van der Waals surface area contributed by atoms with Gasteiger partial charge in [-0.2, -0.15) is 0 Å².